The molecule has 1 heterocycles. The monoisotopic (exact) mass is 298 g/mol. The molecule has 0 fully saturated rings. The van der Waals surface area contributed by atoms with E-state index in [0.29, 0.717) is 5.02 Å². The van der Waals surface area contributed by atoms with Gasteiger partial charge in [0.2, 0.25) is 5.88 Å². The molecule has 0 aliphatic carbocycles. The van der Waals surface area contributed by atoms with Gasteiger partial charge in [0.1, 0.15) is 5.69 Å². The molecule has 3 nitrogen and oxygen atoms in total. The number of nitrogens with two attached hydrogens (primary N) is 1. The Morgan fingerprint density at radius 2 is 1.71 bits per heavy atom. The molecule has 0 amide bonds. The van der Waals surface area contributed by atoms with Gasteiger partial charge >= 0.3 is 0 Å². The molecule has 0 aliphatic heterocycles. The maximum atomic E-state index is 6.29. The average molecular weight is 299 g/mol. The molecule has 0 bridgehead atoms. The Morgan fingerprint density at radius 3 is 2.48 bits per heavy atom. The Morgan fingerprint density at radius 1 is 1.00 bits per heavy atom. The highest BCUT2D eigenvalue weighted by Crippen LogP contribution is 2.40. The molecule has 0 saturated heterocycles. The smallest absolute Gasteiger partial charge is 0.230 e. The number of benzene rings is 2. The summed E-state index contributed by atoms with van der Waals surface area (Å²) in [7, 11) is 0. The summed E-state index contributed by atoms with van der Waals surface area (Å²) in [6.45, 7) is 4.13. The number of hydrogen-bond donors (Lipinski definition) is 1. The number of rotatable bonds is 2. The molecule has 3 aromatic rings. The minimum Gasteiger partial charge on any atom is -0.367 e. The molecular formula is C17H15ClN2O. The van der Waals surface area contributed by atoms with Crippen LogP contribution in [0.4, 0.5) is 5.88 Å². The molecule has 0 saturated carbocycles. The molecule has 1 aromatic heterocycles. The molecule has 0 spiro atoms. The van der Waals surface area contributed by atoms with Gasteiger partial charge in [-0.25, -0.2) is 0 Å². The van der Waals surface area contributed by atoms with E-state index in [-0.39, 0.29) is 5.88 Å². The SMILES string of the molecule is Cc1cccc(-c2noc(N)c2-c2ccccc2Cl)c1C. The fraction of sp³-hybridized carbons (Fsp3) is 0.118. The van der Waals surface area contributed by atoms with Gasteiger partial charge < -0.3 is 10.3 Å². The largest absolute Gasteiger partial charge is 0.367 e. The number of hydrogen-bond acceptors (Lipinski definition) is 3. The maximum Gasteiger partial charge on any atom is 0.230 e. The molecule has 0 radical (unpaired) electrons. The van der Waals surface area contributed by atoms with Gasteiger partial charge in [-0.1, -0.05) is 53.2 Å². The first-order valence-electron chi connectivity index (χ1n) is 6.66. The minimum atomic E-state index is 0.277. The predicted molar refractivity (Wildman–Crippen MR) is 86.3 cm³/mol. The summed E-state index contributed by atoms with van der Waals surface area (Å²) < 4.78 is 5.22. The lowest BCUT2D eigenvalue weighted by molar-refractivity contribution is 0.439. The van der Waals surface area contributed by atoms with Crippen LogP contribution in [-0.2, 0) is 0 Å². The van der Waals surface area contributed by atoms with Crippen molar-refractivity contribution in [2.75, 3.05) is 5.73 Å². The van der Waals surface area contributed by atoms with Gasteiger partial charge in [-0.2, -0.15) is 0 Å². The third-order valence-electron chi connectivity index (χ3n) is 3.72. The van der Waals surface area contributed by atoms with Crippen LogP contribution in [0.1, 0.15) is 11.1 Å². The van der Waals surface area contributed by atoms with Crippen LogP contribution in [0.5, 0.6) is 0 Å². The van der Waals surface area contributed by atoms with Crippen molar-refractivity contribution in [2.24, 2.45) is 0 Å². The Bertz CT molecular complexity index is 808. The van der Waals surface area contributed by atoms with Crippen LogP contribution >= 0.6 is 11.6 Å². The van der Waals surface area contributed by atoms with E-state index in [1.54, 1.807) is 0 Å². The van der Waals surface area contributed by atoms with Gasteiger partial charge in [0, 0.05) is 16.1 Å². The van der Waals surface area contributed by atoms with Gasteiger partial charge in [0.05, 0.1) is 5.56 Å². The van der Waals surface area contributed by atoms with Crippen molar-refractivity contribution in [1.29, 1.82) is 0 Å². The molecule has 0 unspecified atom stereocenters. The lowest BCUT2D eigenvalue weighted by Crippen LogP contribution is -1.91. The topological polar surface area (TPSA) is 52.0 Å². The van der Waals surface area contributed by atoms with Gasteiger partial charge in [0.25, 0.3) is 0 Å². The van der Waals surface area contributed by atoms with Crippen molar-refractivity contribution in [2.45, 2.75) is 13.8 Å². The van der Waals surface area contributed by atoms with Crippen LogP contribution in [-0.4, -0.2) is 5.16 Å². The number of nitrogens with zero attached hydrogens (tertiary/aromatic N) is 1. The fourth-order valence-electron chi connectivity index (χ4n) is 2.42. The van der Waals surface area contributed by atoms with Crippen molar-refractivity contribution in [3.63, 3.8) is 0 Å². The fourth-order valence-corrected chi connectivity index (χ4v) is 2.65. The van der Waals surface area contributed by atoms with Crippen molar-refractivity contribution in [1.82, 2.24) is 5.16 Å². The number of nitrogen functional groups attached to an aromatic ring is 1. The highest BCUT2D eigenvalue weighted by atomic mass is 35.5. The molecule has 21 heavy (non-hydrogen) atoms. The van der Waals surface area contributed by atoms with Crippen LogP contribution < -0.4 is 5.73 Å². The number of aromatic nitrogens is 1. The van der Waals surface area contributed by atoms with Crippen LogP contribution in [0.25, 0.3) is 22.4 Å². The summed E-state index contributed by atoms with van der Waals surface area (Å²) in [5, 5.41) is 4.77. The average Bonchev–Trinajstić information content (AvgIpc) is 2.84. The maximum absolute atomic E-state index is 6.29. The summed E-state index contributed by atoms with van der Waals surface area (Å²) in [6.07, 6.45) is 0. The lowest BCUT2D eigenvalue weighted by Gasteiger charge is -2.09. The summed E-state index contributed by atoms with van der Waals surface area (Å²) >= 11 is 6.29. The van der Waals surface area contributed by atoms with E-state index in [1.165, 1.54) is 5.56 Å². The van der Waals surface area contributed by atoms with Gasteiger partial charge in [0.15, 0.2) is 0 Å². The molecule has 2 N–H and O–H groups in total. The number of aryl methyl sites for hydroxylation is 1. The normalized spacial score (nSPS) is 10.8. The zero-order chi connectivity index (χ0) is 15.0. The first-order valence-corrected chi connectivity index (χ1v) is 7.04. The van der Waals surface area contributed by atoms with Crippen LogP contribution in [0.15, 0.2) is 47.0 Å². The molecule has 0 aliphatic rings. The standard InChI is InChI=1S/C17H15ClN2O/c1-10-6-5-8-12(11(10)2)16-15(17(19)21-20-16)13-7-3-4-9-14(13)18/h3-9H,19H2,1-2H3. The van der Waals surface area contributed by atoms with E-state index in [1.807, 2.05) is 36.4 Å². The number of anilines is 1. The molecule has 3 rings (SSSR count). The van der Waals surface area contributed by atoms with E-state index >= 15 is 0 Å². The second-order valence-corrected chi connectivity index (χ2v) is 5.40. The van der Waals surface area contributed by atoms with Crippen LogP contribution in [0, 0.1) is 13.8 Å². The van der Waals surface area contributed by atoms with Crippen molar-refractivity contribution < 1.29 is 4.52 Å². The third-order valence-corrected chi connectivity index (χ3v) is 4.05. The van der Waals surface area contributed by atoms with E-state index < -0.39 is 0 Å². The molecular weight excluding hydrogens is 284 g/mol. The van der Waals surface area contributed by atoms with E-state index in [0.717, 1.165) is 27.9 Å². The van der Waals surface area contributed by atoms with E-state index in [4.69, 9.17) is 21.9 Å². The molecule has 4 heteroatoms. The second kappa shape index (κ2) is 5.26. The van der Waals surface area contributed by atoms with Crippen LogP contribution in [0.2, 0.25) is 5.02 Å². The molecule has 2 aromatic carbocycles. The van der Waals surface area contributed by atoms with Crippen molar-refractivity contribution >= 4 is 17.5 Å². The highest BCUT2D eigenvalue weighted by molar-refractivity contribution is 6.33. The summed E-state index contributed by atoms with van der Waals surface area (Å²) in [5.41, 5.74) is 11.6. The Labute approximate surface area is 128 Å². The first kappa shape index (κ1) is 13.7. The van der Waals surface area contributed by atoms with Gasteiger partial charge in [-0.3, -0.25) is 0 Å². The second-order valence-electron chi connectivity index (χ2n) is 5.00. The van der Waals surface area contributed by atoms with Gasteiger partial charge in [-0.15, -0.1) is 0 Å². The van der Waals surface area contributed by atoms with Crippen LogP contribution in [0.3, 0.4) is 0 Å². The van der Waals surface area contributed by atoms with E-state index in [9.17, 15) is 0 Å². The minimum absolute atomic E-state index is 0.277. The Hall–Kier alpha value is -2.26. The Kier molecular flexibility index (Phi) is 3.43. The predicted octanol–water partition coefficient (Wildman–Crippen LogP) is 4.86. The van der Waals surface area contributed by atoms with Crippen molar-refractivity contribution in [3.8, 4) is 22.4 Å². The highest BCUT2D eigenvalue weighted by Gasteiger charge is 2.20. The zero-order valence-corrected chi connectivity index (χ0v) is 12.6. The third kappa shape index (κ3) is 2.30. The summed E-state index contributed by atoms with van der Waals surface area (Å²) in [4.78, 5) is 0. The number of halogens is 1. The Balaban J connectivity index is 2.28. The first-order chi connectivity index (χ1) is 10.1. The summed E-state index contributed by atoms with van der Waals surface area (Å²) in [5.74, 6) is 0.277. The van der Waals surface area contributed by atoms with E-state index in [2.05, 4.69) is 25.1 Å². The molecule has 106 valence electrons. The quantitative estimate of drug-likeness (QED) is 0.735. The zero-order valence-electron chi connectivity index (χ0n) is 11.9. The summed E-state index contributed by atoms with van der Waals surface area (Å²) in [6, 6.07) is 13.6. The van der Waals surface area contributed by atoms with Gasteiger partial charge in [-0.05, 0) is 31.0 Å². The lowest BCUT2D eigenvalue weighted by atomic mass is 9.96. The molecule has 0 atom stereocenters. The van der Waals surface area contributed by atoms with Crippen molar-refractivity contribution in [3.05, 3.63) is 58.6 Å².